The summed E-state index contributed by atoms with van der Waals surface area (Å²) in [5.41, 5.74) is 7.80. The summed E-state index contributed by atoms with van der Waals surface area (Å²) in [6, 6.07) is 5.89. The number of carbonyl (C=O) groups excluding carboxylic acids is 1. The van der Waals surface area contributed by atoms with Crippen LogP contribution in [0.1, 0.15) is 37.1 Å². The number of nitrogens with two attached hydrogens (primary N) is 1. The Morgan fingerprint density at radius 1 is 1.47 bits per heavy atom. The highest BCUT2D eigenvalue weighted by Crippen LogP contribution is 2.43. The van der Waals surface area contributed by atoms with Crippen molar-refractivity contribution in [1.82, 2.24) is 9.88 Å². The van der Waals surface area contributed by atoms with Gasteiger partial charge >= 0.3 is 0 Å². The van der Waals surface area contributed by atoms with E-state index < -0.39 is 0 Å². The maximum atomic E-state index is 12.2. The van der Waals surface area contributed by atoms with Crippen molar-refractivity contribution in [1.29, 1.82) is 0 Å². The molecule has 0 spiro atoms. The Hall–Kier alpha value is -1.42. The number of carbonyl (C=O) groups is 1. The van der Waals surface area contributed by atoms with E-state index in [1.165, 1.54) is 6.42 Å². The molecule has 19 heavy (non-hydrogen) atoms. The molecule has 0 saturated heterocycles. The fourth-order valence-corrected chi connectivity index (χ4v) is 2.60. The van der Waals surface area contributed by atoms with Gasteiger partial charge in [0.15, 0.2) is 0 Å². The van der Waals surface area contributed by atoms with Crippen molar-refractivity contribution in [2.24, 2.45) is 11.1 Å². The molecule has 0 aliphatic heterocycles. The minimum atomic E-state index is 0.0748. The van der Waals surface area contributed by atoms with Gasteiger partial charge in [-0.2, -0.15) is 0 Å². The molecule has 0 unspecified atom stereocenters. The molecule has 2 N–H and O–H groups in total. The Morgan fingerprint density at radius 3 is 2.74 bits per heavy atom. The van der Waals surface area contributed by atoms with Crippen molar-refractivity contribution in [3.05, 3.63) is 29.6 Å². The zero-order valence-electron chi connectivity index (χ0n) is 11.9. The monoisotopic (exact) mass is 261 g/mol. The Bertz CT molecular complexity index is 449. The van der Waals surface area contributed by atoms with Gasteiger partial charge in [0.25, 0.3) is 0 Å². The quantitative estimate of drug-likeness (QED) is 0.880. The summed E-state index contributed by atoms with van der Waals surface area (Å²) in [4.78, 5) is 18.4. The van der Waals surface area contributed by atoms with Crippen LogP contribution < -0.4 is 5.73 Å². The molecule has 4 nitrogen and oxygen atoms in total. The molecule has 1 amide bonds. The Morgan fingerprint density at radius 2 is 2.21 bits per heavy atom. The third-order valence-corrected chi connectivity index (χ3v) is 4.14. The molecule has 2 rings (SSSR count). The van der Waals surface area contributed by atoms with Gasteiger partial charge < -0.3 is 10.6 Å². The van der Waals surface area contributed by atoms with E-state index in [1.807, 2.05) is 32.2 Å². The summed E-state index contributed by atoms with van der Waals surface area (Å²) in [5, 5.41) is 0. The predicted octanol–water partition coefficient (Wildman–Crippen LogP) is 1.87. The summed E-state index contributed by atoms with van der Waals surface area (Å²) in [7, 11) is 1.84. The largest absolute Gasteiger partial charge is 0.340 e. The Kier molecular flexibility index (Phi) is 4.20. The first-order valence-corrected chi connectivity index (χ1v) is 6.91. The first-order chi connectivity index (χ1) is 9.04. The van der Waals surface area contributed by atoms with Gasteiger partial charge in [0.1, 0.15) is 0 Å². The smallest absolute Gasteiger partial charge is 0.223 e. The first-order valence-electron chi connectivity index (χ1n) is 6.91. The average molecular weight is 261 g/mol. The fraction of sp³-hybridized carbons (Fsp3) is 0.600. The molecule has 0 aromatic carbocycles. The highest BCUT2D eigenvalue weighted by molar-refractivity contribution is 5.76. The lowest BCUT2D eigenvalue weighted by molar-refractivity contribution is -0.134. The second-order valence-corrected chi connectivity index (χ2v) is 5.75. The molecule has 0 radical (unpaired) electrons. The molecule has 0 bridgehead atoms. The number of aryl methyl sites for hydroxylation is 1. The van der Waals surface area contributed by atoms with E-state index in [1.54, 1.807) is 4.90 Å². The molecule has 1 saturated carbocycles. The number of amides is 1. The normalized spacial score (nSPS) is 16.8. The second kappa shape index (κ2) is 5.70. The minimum absolute atomic E-state index is 0.0748. The molecule has 1 aromatic heterocycles. The average Bonchev–Trinajstić information content (AvgIpc) is 2.33. The zero-order valence-corrected chi connectivity index (χ0v) is 11.9. The van der Waals surface area contributed by atoms with Crippen molar-refractivity contribution in [2.45, 2.75) is 39.2 Å². The standard InChI is InChI=1S/C15H23N3O/c1-12-5-3-6-13(17-12)10-18(2)14(19)9-15(11-16)7-4-8-15/h3,5-6H,4,7-11,16H2,1-2H3. The summed E-state index contributed by atoms with van der Waals surface area (Å²) >= 11 is 0. The van der Waals surface area contributed by atoms with Gasteiger partial charge in [-0.25, -0.2) is 0 Å². The van der Waals surface area contributed by atoms with Crippen LogP contribution in [0.4, 0.5) is 0 Å². The van der Waals surface area contributed by atoms with Crippen molar-refractivity contribution >= 4 is 5.91 Å². The van der Waals surface area contributed by atoms with E-state index in [4.69, 9.17) is 5.73 Å². The lowest BCUT2D eigenvalue weighted by atomic mass is 9.66. The van der Waals surface area contributed by atoms with Gasteiger partial charge in [0.05, 0.1) is 12.2 Å². The molecule has 1 aliphatic carbocycles. The molecule has 1 aliphatic rings. The number of nitrogens with zero attached hydrogens (tertiary/aromatic N) is 2. The number of hydrogen-bond acceptors (Lipinski definition) is 3. The predicted molar refractivity (Wildman–Crippen MR) is 75.4 cm³/mol. The van der Waals surface area contributed by atoms with Gasteiger partial charge in [0, 0.05) is 19.2 Å². The number of rotatable bonds is 5. The van der Waals surface area contributed by atoms with Crippen LogP contribution in [0.15, 0.2) is 18.2 Å². The minimum Gasteiger partial charge on any atom is -0.340 e. The van der Waals surface area contributed by atoms with E-state index in [0.717, 1.165) is 24.2 Å². The van der Waals surface area contributed by atoms with Crippen molar-refractivity contribution < 1.29 is 4.79 Å². The molecule has 1 fully saturated rings. The second-order valence-electron chi connectivity index (χ2n) is 5.75. The maximum absolute atomic E-state index is 12.2. The molecular weight excluding hydrogens is 238 g/mol. The van der Waals surface area contributed by atoms with E-state index in [-0.39, 0.29) is 11.3 Å². The van der Waals surface area contributed by atoms with Crippen LogP contribution in [0, 0.1) is 12.3 Å². The number of hydrogen-bond donors (Lipinski definition) is 1. The molecule has 104 valence electrons. The zero-order chi connectivity index (χ0) is 13.9. The third-order valence-electron chi connectivity index (χ3n) is 4.14. The van der Waals surface area contributed by atoms with Crippen molar-refractivity contribution in [3.63, 3.8) is 0 Å². The molecule has 4 heteroatoms. The molecule has 1 heterocycles. The summed E-state index contributed by atoms with van der Waals surface area (Å²) in [6.45, 7) is 3.15. The van der Waals surface area contributed by atoms with Crippen LogP contribution in [0.5, 0.6) is 0 Å². The van der Waals surface area contributed by atoms with Crippen molar-refractivity contribution in [2.75, 3.05) is 13.6 Å². The van der Waals surface area contributed by atoms with Gasteiger partial charge in [-0.05, 0) is 43.9 Å². The summed E-state index contributed by atoms with van der Waals surface area (Å²) in [6.07, 6.45) is 3.96. The summed E-state index contributed by atoms with van der Waals surface area (Å²) in [5.74, 6) is 0.174. The Labute approximate surface area is 115 Å². The molecular formula is C15H23N3O. The lowest BCUT2D eigenvalue weighted by Crippen LogP contribution is -2.42. The van der Waals surface area contributed by atoms with Gasteiger partial charge in [-0.1, -0.05) is 12.5 Å². The number of aromatic nitrogens is 1. The van der Waals surface area contributed by atoms with Gasteiger partial charge in [-0.3, -0.25) is 9.78 Å². The van der Waals surface area contributed by atoms with Crippen LogP contribution in [-0.4, -0.2) is 29.4 Å². The number of pyridine rings is 1. The van der Waals surface area contributed by atoms with Crippen LogP contribution in [-0.2, 0) is 11.3 Å². The van der Waals surface area contributed by atoms with Crippen LogP contribution >= 0.6 is 0 Å². The van der Waals surface area contributed by atoms with Crippen LogP contribution in [0.25, 0.3) is 0 Å². The van der Waals surface area contributed by atoms with E-state index in [2.05, 4.69) is 4.98 Å². The van der Waals surface area contributed by atoms with Crippen molar-refractivity contribution in [3.8, 4) is 0 Å². The third kappa shape index (κ3) is 3.32. The van der Waals surface area contributed by atoms with E-state index in [9.17, 15) is 4.79 Å². The first kappa shape index (κ1) is 14.0. The van der Waals surface area contributed by atoms with Gasteiger partial charge in [0.2, 0.25) is 5.91 Å². The molecule has 1 aromatic rings. The topological polar surface area (TPSA) is 59.2 Å². The fourth-order valence-electron chi connectivity index (χ4n) is 2.60. The van der Waals surface area contributed by atoms with E-state index >= 15 is 0 Å². The van der Waals surface area contributed by atoms with Gasteiger partial charge in [-0.15, -0.1) is 0 Å². The van der Waals surface area contributed by atoms with Crippen LogP contribution in [0.2, 0.25) is 0 Å². The van der Waals surface area contributed by atoms with Crippen LogP contribution in [0.3, 0.4) is 0 Å². The maximum Gasteiger partial charge on any atom is 0.223 e. The van der Waals surface area contributed by atoms with E-state index in [0.29, 0.717) is 19.5 Å². The highest BCUT2D eigenvalue weighted by atomic mass is 16.2. The summed E-state index contributed by atoms with van der Waals surface area (Å²) < 4.78 is 0. The SMILES string of the molecule is Cc1cccc(CN(C)C(=O)CC2(CN)CCC2)n1. The lowest BCUT2D eigenvalue weighted by Gasteiger charge is -2.41. The molecule has 0 atom stereocenters. The Balaban J connectivity index is 1.92. The highest BCUT2D eigenvalue weighted by Gasteiger charge is 2.38.